The lowest BCUT2D eigenvalue weighted by Gasteiger charge is -2.35. The lowest BCUT2D eigenvalue weighted by Crippen LogP contribution is -2.43. The van der Waals surface area contributed by atoms with Crippen molar-refractivity contribution in [1.29, 1.82) is 0 Å². The molecule has 0 aromatic rings. The second-order valence-electron chi connectivity index (χ2n) is 6.35. The summed E-state index contributed by atoms with van der Waals surface area (Å²) in [5, 5.41) is 3.57. The molecule has 0 heterocycles. The minimum atomic E-state index is 0.356. The van der Waals surface area contributed by atoms with Crippen molar-refractivity contribution >= 4 is 0 Å². The fourth-order valence-corrected chi connectivity index (χ4v) is 1.96. The van der Waals surface area contributed by atoms with Crippen LogP contribution in [-0.4, -0.2) is 37.1 Å². The summed E-state index contributed by atoms with van der Waals surface area (Å²) < 4.78 is 0. The van der Waals surface area contributed by atoms with E-state index in [1.54, 1.807) is 0 Å². The van der Waals surface area contributed by atoms with Crippen LogP contribution in [0.15, 0.2) is 0 Å². The van der Waals surface area contributed by atoms with E-state index >= 15 is 0 Å². The van der Waals surface area contributed by atoms with Gasteiger partial charge in [-0.25, -0.2) is 0 Å². The van der Waals surface area contributed by atoms with Gasteiger partial charge >= 0.3 is 0 Å². The summed E-state index contributed by atoms with van der Waals surface area (Å²) in [5.74, 6) is 0.739. The average Bonchev–Trinajstić information content (AvgIpc) is 2.12. The summed E-state index contributed by atoms with van der Waals surface area (Å²) >= 11 is 0. The Hall–Kier alpha value is -0.0800. The molecule has 0 aromatic carbocycles. The van der Waals surface area contributed by atoms with Crippen molar-refractivity contribution < 1.29 is 0 Å². The summed E-state index contributed by atoms with van der Waals surface area (Å²) in [6.45, 7) is 20.6. The van der Waals surface area contributed by atoms with Crippen LogP contribution in [0.2, 0.25) is 0 Å². The molecule has 0 fully saturated rings. The Morgan fingerprint density at radius 2 is 1.69 bits per heavy atom. The third-order valence-electron chi connectivity index (χ3n) is 2.92. The lowest BCUT2D eigenvalue weighted by atomic mass is 9.92. The molecule has 16 heavy (non-hydrogen) atoms. The highest BCUT2D eigenvalue weighted by Crippen LogP contribution is 2.17. The van der Waals surface area contributed by atoms with E-state index in [9.17, 15) is 0 Å². The summed E-state index contributed by atoms with van der Waals surface area (Å²) in [5.41, 5.74) is 0.356. The van der Waals surface area contributed by atoms with E-state index in [4.69, 9.17) is 0 Å². The molecule has 2 heteroatoms. The zero-order valence-corrected chi connectivity index (χ0v) is 12.4. The maximum Gasteiger partial charge on any atom is 0.00474 e. The van der Waals surface area contributed by atoms with Crippen molar-refractivity contribution in [3.63, 3.8) is 0 Å². The Balaban J connectivity index is 4.01. The van der Waals surface area contributed by atoms with Crippen molar-refractivity contribution in [3.05, 3.63) is 0 Å². The van der Waals surface area contributed by atoms with Crippen LogP contribution in [0.4, 0.5) is 0 Å². The molecule has 0 bridgehead atoms. The first-order valence-corrected chi connectivity index (χ1v) is 6.73. The van der Waals surface area contributed by atoms with E-state index in [0.29, 0.717) is 11.5 Å². The molecule has 98 valence electrons. The molecule has 0 aliphatic heterocycles. The molecule has 0 amide bonds. The molecule has 0 aliphatic carbocycles. The summed E-state index contributed by atoms with van der Waals surface area (Å²) in [6.07, 6.45) is 0. The zero-order valence-electron chi connectivity index (χ0n) is 12.4. The topological polar surface area (TPSA) is 15.3 Å². The molecule has 0 rings (SSSR count). The smallest absolute Gasteiger partial charge is 0.00474 e. The first kappa shape index (κ1) is 15.9. The minimum absolute atomic E-state index is 0.356. The minimum Gasteiger partial charge on any atom is -0.316 e. The summed E-state index contributed by atoms with van der Waals surface area (Å²) in [7, 11) is 0. The molecule has 0 saturated carbocycles. The molecule has 0 aliphatic rings. The molecule has 0 radical (unpaired) electrons. The highest BCUT2D eigenvalue weighted by molar-refractivity contribution is 4.77. The second kappa shape index (κ2) is 7.29. The first-order valence-electron chi connectivity index (χ1n) is 6.73. The largest absolute Gasteiger partial charge is 0.316 e. The lowest BCUT2D eigenvalue weighted by molar-refractivity contribution is 0.148. The van der Waals surface area contributed by atoms with Gasteiger partial charge in [-0.3, -0.25) is 0 Å². The Morgan fingerprint density at radius 3 is 2.06 bits per heavy atom. The standard InChI is InChI=1S/C14H32N2/c1-8-16(13(4)5)11-14(6,7)10-15-9-12(2)3/h12-13,15H,8-11H2,1-7H3. The fourth-order valence-electron chi connectivity index (χ4n) is 1.96. The van der Waals surface area contributed by atoms with E-state index in [0.717, 1.165) is 25.6 Å². The Kier molecular flexibility index (Phi) is 7.25. The third kappa shape index (κ3) is 7.24. The van der Waals surface area contributed by atoms with Gasteiger partial charge in [0.05, 0.1) is 0 Å². The van der Waals surface area contributed by atoms with Gasteiger partial charge in [0.1, 0.15) is 0 Å². The molecule has 1 N–H and O–H groups in total. The molecule has 2 nitrogen and oxygen atoms in total. The maximum absolute atomic E-state index is 3.57. The van der Waals surface area contributed by atoms with Gasteiger partial charge in [-0.1, -0.05) is 34.6 Å². The van der Waals surface area contributed by atoms with Crippen LogP contribution in [0.1, 0.15) is 48.5 Å². The van der Waals surface area contributed by atoms with Crippen molar-refractivity contribution in [2.75, 3.05) is 26.2 Å². The van der Waals surface area contributed by atoms with Crippen LogP contribution in [0.5, 0.6) is 0 Å². The van der Waals surface area contributed by atoms with E-state index in [1.165, 1.54) is 6.54 Å². The number of hydrogen-bond acceptors (Lipinski definition) is 2. The molecule has 0 unspecified atom stereocenters. The van der Waals surface area contributed by atoms with E-state index < -0.39 is 0 Å². The fraction of sp³-hybridized carbons (Fsp3) is 1.00. The molecule has 0 spiro atoms. The van der Waals surface area contributed by atoms with E-state index in [-0.39, 0.29) is 0 Å². The monoisotopic (exact) mass is 228 g/mol. The van der Waals surface area contributed by atoms with Crippen LogP contribution in [0, 0.1) is 11.3 Å². The van der Waals surface area contributed by atoms with Gasteiger partial charge in [-0.05, 0) is 38.3 Å². The zero-order chi connectivity index (χ0) is 12.8. The molecular weight excluding hydrogens is 196 g/mol. The quantitative estimate of drug-likeness (QED) is 0.687. The average molecular weight is 228 g/mol. The molecular formula is C14H32N2. The third-order valence-corrected chi connectivity index (χ3v) is 2.92. The van der Waals surface area contributed by atoms with Gasteiger partial charge in [0.15, 0.2) is 0 Å². The molecule has 0 aromatic heterocycles. The SMILES string of the molecule is CCN(CC(C)(C)CNCC(C)C)C(C)C. The maximum atomic E-state index is 3.57. The predicted molar refractivity (Wildman–Crippen MR) is 73.9 cm³/mol. The van der Waals surface area contributed by atoms with Gasteiger partial charge in [0, 0.05) is 19.1 Å². The number of rotatable bonds is 8. The van der Waals surface area contributed by atoms with Crippen LogP contribution in [0.25, 0.3) is 0 Å². The highest BCUT2D eigenvalue weighted by atomic mass is 15.1. The van der Waals surface area contributed by atoms with Gasteiger partial charge in [0.2, 0.25) is 0 Å². The molecule has 0 saturated heterocycles. The highest BCUT2D eigenvalue weighted by Gasteiger charge is 2.22. The summed E-state index contributed by atoms with van der Waals surface area (Å²) in [6, 6.07) is 0.648. The normalized spacial score (nSPS) is 13.1. The van der Waals surface area contributed by atoms with E-state index in [1.807, 2.05) is 0 Å². The number of hydrogen-bond donors (Lipinski definition) is 1. The van der Waals surface area contributed by atoms with Gasteiger partial charge in [-0.15, -0.1) is 0 Å². The van der Waals surface area contributed by atoms with Crippen molar-refractivity contribution in [2.45, 2.75) is 54.5 Å². The first-order chi connectivity index (χ1) is 7.28. The Labute approximate surface area is 103 Å². The van der Waals surface area contributed by atoms with Crippen LogP contribution >= 0.6 is 0 Å². The number of nitrogens with one attached hydrogen (secondary N) is 1. The predicted octanol–water partition coefficient (Wildman–Crippen LogP) is 2.99. The Morgan fingerprint density at radius 1 is 1.12 bits per heavy atom. The molecule has 0 atom stereocenters. The van der Waals surface area contributed by atoms with E-state index in [2.05, 4.69) is 58.7 Å². The van der Waals surface area contributed by atoms with Gasteiger partial charge < -0.3 is 10.2 Å². The second-order valence-corrected chi connectivity index (χ2v) is 6.35. The van der Waals surface area contributed by atoms with Gasteiger partial charge in [-0.2, -0.15) is 0 Å². The number of nitrogens with zero attached hydrogens (tertiary/aromatic N) is 1. The van der Waals surface area contributed by atoms with Crippen molar-refractivity contribution in [2.24, 2.45) is 11.3 Å². The van der Waals surface area contributed by atoms with Crippen molar-refractivity contribution in [3.8, 4) is 0 Å². The summed E-state index contributed by atoms with van der Waals surface area (Å²) in [4.78, 5) is 2.54. The van der Waals surface area contributed by atoms with Crippen LogP contribution in [-0.2, 0) is 0 Å². The van der Waals surface area contributed by atoms with Crippen LogP contribution in [0.3, 0.4) is 0 Å². The van der Waals surface area contributed by atoms with Crippen LogP contribution < -0.4 is 5.32 Å². The van der Waals surface area contributed by atoms with Crippen molar-refractivity contribution in [1.82, 2.24) is 10.2 Å². The van der Waals surface area contributed by atoms with Gasteiger partial charge in [0.25, 0.3) is 0 Å². The Bertz CT molecular complexity index is 174.